The van der Waals surface area contributed by atoms with Crippen molar-refractivity contribution in [3.8, 4) is 0 Å². The quantitative estimate of drug-likeness (QED) is 0.717. The fourth-order valence-electron chi connectivity index (χ4n) is 2.33. The lowest BCUT2D eigenvalue weighted by Crippen LogP contribution is -2.38. The van der Waals surface area contributed by atoms with E-state index < -0.39 is 10.8 Å². The first-order valence-electron chi connectivity index (χ1n) is 7.00. The first-order chi connectivity index (χ1) is 8.63. The van der Waals surface area contributed by atoms with E-state index in [9.17, 15) is 9.00 Å². The van der Waals surface area contributed by atoms with Crippen molar-refractivity contribution >= 4 is 16.7 Å². The van der Waals surface area contributed by atoms with Crippen molar-refractivity contribution in [3.05, 3.63) is 0 Å². The van der Waals surface area contributed by atoms with Crippen LogP contribution in [-0.4, -0.2) is 33.7 Å². The van der Waals surface area contributed by atoms with Gasteiger partial charge in [-0.05, 0) is 25.8 Å². The first kappa shape index (κ1) is 15.6. The molecule has 0 saturated heterocycles. The van der Waals surface area contributed by atoms with Crippen molar-refractivity contribution in [2.75, 3.05) is 12.3 Å². The molecule has 2 unspecified atom stereocenters. The average Bonchev–Trinajstić information content (AvgIpc) is 2.57. The van der Waals surface area contributed by atoms with Crippen LogP contribution in [-0.2, 0) is 15.6 Å². The number of amides is 1. The molecule has 2 atom stereocenters. The molecule has 1 aliphatic rings. The van der Waals surface area contributed by atoms with Crippen LogP contribution in [0.25, 0.3) is 0 Å². The molecule has 0 heterocycles. The number of rotatable bonds is 6. The second-order valence-electron chi connectivity index (χ2n) is 5.17. The Morgan fingerprint density at radius 1 is 1.33 bits per heavy atom. The molecule has 1 amide bonds. The summed E-state index contributed by atoms with van der Waals surface area (Å²) in [6.07, 6.45) is 7.77. The fraction of sp³-hybridized carbons (Fsp3) is 0.923. The van der Waals surface area contributed by atoms with E-state index in [1.165, 1.54) is 25.7 Å². The molecule has 106 valence electrons. The van der Waals surface area contributed by atoms with Gasteiger partial charge in [0.25, 0.3) is 0 Å². The standard InChI is InChI=1S/C13H26N2O2S/c1-11(8-9-14)18(17)10-13(16)15-12-6-4-2-3-5-7-12/h11-12H,2-10,14H2,1H3,(H,15,16). The van der Waals surface area contributed by atoms with Gasteiger partial charge >= 0.3 is 0 Å². The minimum Gasteiger partial charge on any atom is -0.353 e. The highest BCUT2D eigenvalue weighted by molar-refractivity contribution is 7.86. The highest BCUT2D eigenvalue weighted by atomic mass is 32.2. The van der Waals surface area contributed by atoms with E-state index >= 15 is 0 Å². The topological polar surface area (TPSA) is 72.2 Å². The molecule has 0 spiro atoms. The maximum Gasteiger partial charge on any atom is 0.232 e. The van der Waals surface area contributed by atoms with Crippen LogP contribution in [0.4, 0.5) is 0 Å². The zero-order valence-corrected chi connectivity index (χ0v) is 12.1. The number of hydrogen-bond acceptors (Lipinski definition) is 3. The Hall–Kier alpha value is -0.420. The number of carbonyl (C=O) groups is 1. The van der Waals surface area contributed by atoms with Gasteiger partial charge in [0, 0.05) is 22.1 Å². The van der Waals surface area contributed by atoms with Gasteiger partial charge in [-0.2, -0.15) is 0 Å². The van der Waals surface area contributed by atoms with Crippen LogP contribution in [0.5, 0.6) is 0 Å². The predicted molar refractivity (Wildman–Crippen MR) is 75.8 cm³/mol. The van der Waals surface area contributed by atoms with Crippen molar-refractivity contribution in [2.24, 2.45) is 5.73 Å². The number of nitrogens with two attached hydrogens (primary N) is 1. The molecule has 0 bridgehead atoms. The maximum absolute atomic E-state index is 11.8. The van der Waals surface area contributed by atoms with Crippen LogP contribution in [0.1, 0.15) is 51.9 Å². The normalized spacial score (nSPS) is 21.0. The van der Waals surface area contributed by atoms with Gasteiger partial charge in [-0.3, -0.25) is 9.00 Å². The molecule has 0 radical (unpaired) electrons. The van der Waals surface area contributed by atoms with Gasteiger partial charge in [0.2, 0.25) is 5.91 Å². The zero-order valence-electron chi connectivity index (χ0n) is 11.3. The minimum atomic E-state index is -1.10. The maximum atomic E-state index is 11.8. The fourth-order valence-corrected chi connectivity index (χ4v) is 3.36. The summed E-state index contributed by atoms with van der Waals surface area (Å²) in [5.41, 5.74) is 5.43. The molecule has 0 aromatic heterocycles. The van der Waals surface area contributed by atoms with Gasteiger partial charge in [0.15, 0.2) is 0 Å². The van der Waals surface area contributed by atoms with E-state index in [-0.39, 0.29) is 16.9 Å². The minimum absolute atomic E-state index is 0.00915. The molecule has 4 nitrogen and oxygen atoms in total. The number of carbonyl (C=O) groups excluding carboxylic acids is 1. The Morgan fingerprint density at radius 3 is 2.50 bits per heavy atom. The predicted octanol–water partition coefficient (Wildman–Crippen LogP) is 1.31. The van der Waals surface area contributed by atoms with Crippen molar-refractivity contribution < 1.29 is 9.00 Å². The highest BCUT2D eigenvalue weighted by Gasteiger charge is 2.18. The van der Waals surface area contributed by atoms with Gasteiger partial charge < -0.3 is 11.1 Å². The summed E-state index contributed by atoms with van der Waals surface area (Å²) in [5, 5.41) is 3.03. The van der Waals surface area contributed by atoms with Gasteiger partial charge in [-0.25, -0.2) is 0 Å². The summed E-state index contributed by atoms with van der Waals surface area (Å²) in [7, 11) is -1.10. The molecule has 1 saturated carbocycles. The first-order valence-corrected chi connectivity index (χ1v) is 8.38. The highest BCUT2D eigenvalue weighted by Crippen LogP contribution is 2.17. The van der Waals surface area contributed by atoms with E-state index in [1.54, 1.807) is 0 Å². The molecular weight excluding hydrogens is 248 g/mol. The van der Waals surface area contributed by atoms with E-state index in [0.717, 1.165) is 12.8 Å². The van der Waals surface area contributed by atoms with Gasteiger partial charge in [0.1, 0.15) is 5.75 Å². The lowest BCUT2D eigenvalue weighted by molar-refractivity contribution is -0.119. The van der Waals surface area contributed by atoms with Gasteiger partial charge in [0.05, 0.1) is 0 Å². The summed E-state index contributed by atoms with van der Waals surface area (Å²) in [6.45, 7) is 2.42. The van der Waals surface area contributed by atoms with E-state index in [0.29, 0.717) is 19.0 Å². The zero-order chi connectivity index (χ0) is 13.4. The molecule has 0 aliphatic heterocycles. The molecular formula is C13H26N2O2S. The molecule has 0 aromatic rings. The lowest BCUT2D eigenvalue weighted by atomic mass is 10.1. The van der Waals surface area contributed by atoms with Crippen LogP contribution in [0, 0.1) is 0 Å². The van der Waals surface area contributed by atoms with Crippen molar-refractivity contribution in [3.63, 3.8) is 0 Å². The Labute approximate surface area is 113 Å². The van der Waals surface area contributed by atoms with Gasteiger partial charge in [-0.1, -0.05) is 32.6 Å². The van der Waals surface area contributed by atoms with Gasteiger partial charge in [-0.15, -0.1) is 0 Å². The Kier molecular flexibility index (Phi) is 7.51. The average molecular weight is 274 g/mol. The summed E-state index contributed by atoms with van der Waals surface area (Å²) < 4.78 is 11.8. The van der Waals surface area contributed by atoms with Crippen LogP contribution < -0.4 is 11.1 Å². The SMILES string of the molecule is CC(CCN)S(=O)CC(=O)NC1CCCCCC1. The second-order valence-corrected chi connectivity index (χ2v) is 7.02. The van der Waals surface area contributed by atoms with E-state index in [1.807, 2.05) is 6.92 Å². The van der Waals surface area contributed by atoms with Crippen molar-refractivity contribution in [1.29, 1.82) is 0 Å². The van der Waals surface area contributed by atoms with Crippen LogP contribution in [0.2, 0.25) is 0 Å². The summed E-state index contributed by atoms with van der Waals surface area (Å²) in [6, 6.07) is 0.293. The monoisotopic (exact) mass is 274 g/mol. The van der Waals surface area contributed by atoms with Crippen LogP contribution in [0.3, 0.4) is 0 Å². The summed E-state index contributed by atoms with van der Waals surface area (Å²) in [4.78, 5) is 11.8. The lowest BCUT2D eigenvalue weighted by Gasteiger charge is -2.17. The third-order valence-electron chi connectivity index (χ3n) is 3.52. The molecule has 18 heavy (non-hydrogen) atoms. The second kappa shape index (κ2) is 8.64. The Bertz CT molecular complexity index is 276. The summed E-state index contributed by atoms with van der Waals surface area (Å²) in [5.74, 6) is 0.0570. The summed E-state index contributed by atoms with van der Waals surface area (Å²) >= 11 is 0. The van der Waals surface area contributed by atoms with Crippen LogP contribution in [0.15, 0.2) is 0 Å². The molecule has 3 N–H and O–H groups in total. The molecule has 1 fully saturated rings. The molecule has 1 rings (SSSR count). The largest absolute Gasteiger partial charge is 0.353 e. The molecule has 1 aliphatic carbocycles. The van der Waals surface area contributed by atoms with Crippen molar-refractivity contribution in [1.82, 2.24) is 5.32 Å². The Morgan fingerprint density at radius 2 is 1.94 bits per heavy atom. The van der Waals surface area contributed by atoms with E-state index in [2.05, 4.69) is 5.32 Å². The van der Waals surface area contributed by atoms with E-state index in [4.69, 9.17) is 5.73 Å². The van der Waals surface area contributed by atoms with Crippen molar-refractivity contribution in [2.45, 2.75) is 63.2 Å². The number of hydrogen-bond donors (Lipinski definition) is 2. The third-order valence-corrected chi connectivity index (χ3v) is 5.20. The van der Waals surface area contributed by atoms with Crippen LogP contribution >= 0.6 is 0 Å². The molecule has 0 aromatic carbocycles. The third kappa shape index (κ3) is 5.96. The smallest absolute Gasteiger partial charge is 0.232 e. The molecule has 5 heteroatoms. The number of nitrogens with one attached hydrogen (secondary N) is 1. The Balaban J connectivity index is 2.29.